The number of urea groups is 1. The zero-order chi connectivity index (χ0) is 15.9. The van der Waals surface area contributed by atoms with E-state index < -0.39 is 0 Å². The molecule has 0 radical (unpaired) electrons. The summed E-state index contributed by atoms with van der Waals surface area (Å²) in [6.07, 6.45) is 1.54. The predicted octanol–water partition coefficient (Wildman–Crippen LogP) is 2.34. The van der Waals surface area contributed by atoms with Crippen LogP contribution in [0.1, 0.15) is 12.6 Å². The van der Waals surface area contributed by atoms with Gasteiger partial charge in [-0.15, -0.1) is 0 Å². The molecule has 2 amide bonds. The highest BCUT2D eigenvalue weighted by Crippen LogP contribution is 2.16. The van der Waals surface area contributed by atoms with Crippen molar-refractivity contribution in [1.29, 1.82) is 0 Å². The van der Waals surface area contributed by atoms with E-state index in [-0.39, 0.29) is 12.1 Å². The van der Waals surface area contributed by atoms with Crippen molar-refractivity contribution in [2.45, 2.75) is 19.6 Å². The number of aromatic nitrogens is 2. The maximum atomic E-state index is 11.7. The Balaban J connectivity index is 1.69. The van der Waals surface area contributed by atoms with Crippen LogP contribution < -0.4 is 15.4 Å². The average molecular weight is 323 g/mol. The number of hydrogen-bond donors (Lipinski definition) is 2. The Bertz CT molecular complexity index is 612. The summed E-state index contributed by atoms with van der Waals surface area (Å²) in [6, 6.07) is 8.72. The number of nitrogens with one attached hydrogen (secondary N) is 2. The van der Waals surface area contributed by atoms with E-state index in [4.69, 9.17) is 16.3 Å². The van der Waals surface area contributed by atoms with Gasteiger partial charge in [-0.3, -0.25) is 4.68 Å². The lowest BCUT2D eigenvalue weighted by atomic mass is 10.3. The van der Waals surface area contributed by atoms with Gasteiger partial charge in [0.25, 0.3) is 0 Å². The molecule has 22 heavy (non-hydrogen) atoms. The number of benzene rings is 1. The molecule has 0 aliphatic rings. The molecule has 2 N–H and O–H groups in total. The summed E-state index contributed by atoms with van der Waals surface area (Å²) >= 11 is 5.81. The lowest BCUT2D eigenvalue weighted by molar-refractivity contribution is 0.207. The third kappa shape index (κ3) is 4.96. The second kappa shape index (κ2) is 7.70. The lowest BCUT2D eigenvalue weighted by Crippen LogP contribution is -2.40. The smallest absolute Gasteiger partial charge is 0.315 e. The monoisotopic (exact) mass is 322 g/mol. The van der Waals surface area contributed by atoms with E-state index >= 15 is 0 Å². The quantitative estimate of drug-likeness (QED) is 0.857. The normalized spacial score (nSPS) is 11.8. The molecule has 0 bridgehead atoms. The first kappa shape index (κ1) is 16.2. The molecule has 2 aromatic rings. The van der Waals surface area contributed by atoms with Gasteiger partial charge in [-0.1, -0.05) is 11.6 Å². The van der Waals surface area contributed by atoms with E-state index in [2.05, 4.69) is 15.7 Å². The lowest BCUT2D eigenvalue weighted by Gasteiger charge is -2.16. The largest absolute Gasteiger partial charge is 0.489 e. The molecular weight excluding hydrogens is 304 g/mol. The van der Waals surface area contributed by atoms with Crippen molar-refractivity contribution in [1.82, 2.24) is 20.4 Å². The zero-order valence-corrected chi connectivity index (χ0v) is 13.3. The van der Waals surface area contributed by atoms with Crippen LogP contribution in [0.2, 0.25) is 5.02 Å². The Kier molecular flexibility index (Phi) is 5.66. The van der Waals surface area contributed by atoms with Gasteiger partial charge in [0.2, 0.25) is 0 Å². The fourth-order valence-corrected chi connectivity index (χ4v) is 1.96. The first-order valence-corrected chi connectivity index (χ1v) is 7.33. The van der Waals surface area contributed by atoms with Gasteiger partial charge in [-0.25, -0.2) is 4.79 Å². The van der Waals surface area contributed by atoms with Crippen LogP contribution in [0.3, 0.4) is 0 Å². The minimum Gasteiger partial charge on any atom is -0.489 e. The van der Waals surface area contributed by atoms with Gasteiger partial charge in [-0.2, -0.15) is 5.10 Å². The fraction of sp³-hybridized carbons (Fsp3) is 0.333. The maximum Gasteiger partial charge on any atom is 0.315 e. The molecule has 7 heteroatoms. The summed E-state index contributed by atoms with van der Waals surface area (Å²) < 4.78 is 7.39. The summed E-state index contributed by atoms with van der Waals surface area (Å²) in [7, 11) is 1.83. The molecule has 0 aliphatic carbocycles. The molecule has 0 spiro atoms. The maximum absolute atomic E-state index is 11.7. The van der Waals surface area contributed by atoms with Crippen LogP contribution in [0, 0.1) is 0 Å². The molecule has 0 saturated heterocycles. The Morgan fingerprint density at radius 1 is 1.32 bits per heavy atom. The molecule has 1 unspecified atom stereocenters. The number of ether oxygens (including phenoxy) is 1. The van der Waals surface area contributed by atoms with Crippen molar-refractivity contribution in [3.05, 3.63) is 47.2 Å². The molecule has 1 heterocycles. The van der Waals surface area contributed by atoms with Crippen molar-refractivity contribution in [2.75, 3.05) is 6.54 Å². The molecule has 1 atom stereocenters. The Hall–Kier alpha value is -2.21. The first-order valence-electron chi connectivity index (χ1n) is 6.95. The summed E-state index contributed by atoms with van der Waals surface area (Å²) in [4.78, 5) is 11.7. The molecule has 0 aliphatic heterocycles. The highest BCUT2D eigenvalue weighted by Gasteiger charge is 2.07. The van der Waals surface area contributed by atoms with E-state index in [1.54, 1.807) is 35.1 Å². The topological polar surface area (TPSA) is 68.2 Å². The van der Waals surface area contributed by atoms with Gasteiger partial charge in [0.15, 0.2) is 0 Å². The van der Waals surface area contributed by atoms with Crippen LogP contribution in [0.25, 0.3) is 0 Å². The van der Waals surface area contributed by atoms with Crippen molar-refractivity contribution in [3.8, 4) is 5.75 Å². The van der Waals surface area contributed by atoms with Crippen LogP contribution in [-0.4, -0.2) is 28.5 Å². The minimum absolute atomic E-state index is 0.149. The number of rotatable bonds is 6. The number of halogens is 1. The van der Waals surface area contributed by atoms with Crippen molar-refractivity contribution < 1.29 is 9.53 Å². The van der Waals surface area contributed by atoms with Gasteiger partial charge in [-0.05, 0) is 37.3 Å². The predicted molar refractivity (Wildman–Crippen MR) is 85.0 cm³/mol. The molecule has 1 aromatic carbocycles. The summed E-state index contributed by atoms with van der Waals surface area (Å²) in [5.74, 6) is 0.717. The highest BCUT2D eigenvalue weighted by atomic mass is 35.5. The minimum atomic E-state index is -0.243. The number of hydrogen-bond acceptors (Lipinski definition) is 3. The second-order valence-corrected chi connectivity index (χ2v) is 5.33. The number of carbonyl (C=O) groups is 1. The molecule has 0 fully saturated rings. The molecule has 118 valence electrons. The summed E-state index contributed by atoms with van der Waals surface area (Å²) in [6.45, 7) is 2.71. The van der Waals surface area contributed by atoms with Crippen LogP contribution in [-0.2, 0) is 13.6 Å². The molecule has 6 nitrogen and oxygen atoms in total. The average Bonchev–Trinajstić information content (AvgIpc) is 2.91. The van der Waals surface area contributed by atoms with E-state index in [0.717, 1.165) is 5.69 Å². The highest BCUT2D eigenvalue weighted by molar-refractivity contribution is 6.30. The fourth-order valence-electron chi connectivity index (χ4n) is 1.83. The van der Waals surface area contributed by atoms with E-state index in [1.165, 1.54) is 0 Å². The van der Waals surface area contributed by atoms with E-state index in [9.17, 15) is 4.79 Å². The number of aryl methyl sites for hydroxylation is 1. The first-order chi connectivity index (χ1) is 10.5. The van der Waals surface area contributed by atoms with Gasteiger partial charge < -0.3 is 15.4 Å². The van der Waals surface area contributed by atoms with Gasteiger partial charge in [0.1, 0.15) is 11.9 Å². The Morgan fingerprint density at radius 2 is 2.05 bits per heavy atom. The SMILES string of the molecule is CC(CNC(=O)NCc1ccnn1C)Oc1ccc(Cl)cc1. The van der Waals surface area contributed by atoms with Gasteiger partial charge >= 0.3 is 6.03 Å². The Morgan fingerprint density at radius 3 is 2.68 bits per heavy atom. The van der Waals surface area contributed by atoms with Crippen LogP contribution in [0.5, 0.6) is 5.75 Å². The van der Waals surface area contributed by atoms with Crippen molar-refractivity contribution in [3.63, 3.8) is 0 Å². The summed E-state index contributed by atoms with van der Waals surface area (Å²) in [5.41, 5.74) is 0.931. The third-order valence-corrected chi connectivity index (χ3v) is 3.31. The number of amides is 2. The van der Waals surface area contributed by atoms with Gasteiger partial charge in [0, 0.05) is 18.3 Å². The van der Waals surface area contributed by atoms with E-state index in [0.29, 0.717) is 23.9 Å². The van der Waals surface area contributed by atoms with E-state index in [1.807, 2.05) is 20.0 Å². The van der Waals surface area contributed by atoms with Crippen LogP contribution in [0.4, 0.5) is 4.79 Å². The Labute approximate surface area is 134 Å². The summed E-state index contributed by atoms with van der Waals surface area (Å²) in [5, 5.41) is 10.2. The number of carbonyl (C=O) groups excluding carboxylic acids is 1. The molecule has 0 saturated carbocycles. The van der Waals surface area contributed by atoms with Crippen molar-refractivity contribution in [2.24, 2.45) is 7.05 Å². The van der Waals surface area contributed by atoms with Crippen LogP contribution >= 0.6 is 11.6 Å². The molecule has 1 aromatic heterocycles. The second-order valence-electron chi connectivity index (χ2n) is 4.89. The standard InChI is InChI=1S/C15H19ClN4O2/c1-11(22-14-5-3-12(16)4-6-14)9-17-15(21)18-10-13-7-8-19-20(13)2/h3-8,11H,9-10H2,1-2H3,(H2,17,18,21). The third-order valence-electron chi connectivity index (χ3n) is 3.05. The van der Waals surface area contributed by atoms with Gasteiger partial charge in [0.05, 0.1) is 18.8 Å². The van der Waals surface area contributed by atoms with Crippen molar-refractivity contribution >= 4 is 17.6 Å². The molecule has 2 rings (SSSR count). The molecular formula is C15H19ClN4O2. The zero-order valence-electron chi connectivity index (χ0n) is 12.5. The van der Waals surface area contributed by atoms with Crippen LogP contribution in [0.15, 0.2) is 36.5 Å². The number of nitrogens with zero attached hydrogens (tertiary/aromatic N) is 2.